The van der Waals surface area contributed by atoms with Crippen LogP contribution < -0.4 is 5.32 Å². The minimum atomic E-state index is -0.196. The second-order valence-corrected chi connectivity index (χ2v) is 7.85. The number of aryl methyl sites for hydroxylation is 2. The van der Waals surface area contributed by atoms with E-state index in [9.17, 15) is 4.79 Å². The SMILES string of the molecule is Cc1cccc(C2(c3cccc(C)c3)C[C@@H]2C(=O)NC[C@@H]2CCCO2)c1. The predicted molar refractivity (Wildman–Crippen MR) is 103 cm³/mol. The maximum absolute atomic E-state index is 12.9. The molecule has 1 aliphatic heterocycles. The summed E-state index contributed by atoms with van der Waals surface area (Å²) in [7, 11) is 0. The van der Waals surface area contributed by atoms with Crippen LogP contribution in [0.5, 0.6) is 0 Å². The van der Waals surface area contributed by atoms with Crippen molar-refractivity contribution in [2.24, 2.45) is 5.92 Å². The third-order valence-corrected chi connectivity index (χ3v) is 5.87. The molecule has 0 aromatic heterocycles. The Balaban J connectivity index is 1.60. The minimum absolute atomic E-state index is 0.00694. The predicted octanol–water partition coefficient (Wildman–Crippen LogP) is 3.90. The standard InChI is InChI=1S/C23H27NO2/c1-16-6-3-8-18(12-16)23(19-9-4-7-17(2)13-19)14-21(23)22(25)24-15-20-10-5-11-26-20/h3-4,6-9,12-13,20-21H,5,10-11,14-15H2,1-2H3,(H,24,25)/t20-,21+/m0/s1. The highest BCUT2D eigenvalue weighted by Gasteiger charge is 2.60. The first-order chi connectivity index (χ1) is 12.6. The fraction of sp³-hybridized carbons (Fsp3) is 0.435. The van der Waals surface area contributed by atoms with Gasteiger partial charge in [0.15, 0.2) is 0 Å². The zero-order valence-corrected chi connectivity index (χ0v) is 15.6. The highest BCUT2D eigenvalue weighted by Crippen LogP contribution is 2.59. The normalized spacial score (nSPS) is 23.6. The molecule has 0 bridgehead atoms. The molecule has 0 spiro atoms. The maximum Gasteiger partial charge on any atom is 0.224 e. The summed E-state index contributed by atoms with van der Waals surface area (Å²) in [6.45, 7) is 5.68. The molecule has 2 atom stereocenters. The van der Waals surface area contributed by atoms with Crippen molar-refractivity contribution in [1.82, 2.24) is 5.32 Å². The fourth-order valence-corrected chi connectivity index (χ4v) is 4.37. The number of hydrogen-bond acceptors (Lipinski definition) is 2. The molecule has 2 aromatic carbocycles. The molecule has 3 nitrogen and oxygen atoms in total. The quantitative estimate of drug-likeness (QED) is 0.889. The largest absolute Gasteiger partial charge is 0.376 e. The molecule has 1 heterocycles. The van der Waals surface area contributed by atoms with Crippen LogP contribution in [0.2, 0.25) is 0 Å². The van der Waals surface area contributed by atoms with E-state index >= 15 is 0 Å². The van der Waals surface area contributed by atoms with Gasteiger partial charge in [0.2, 0.25) is 5.91 Å². The van der Waals surface area contributed by atoms with Crippen molar-refractivity contribution in [3.8, 4) is 0 Å². The van der Waals surface area contributed by atoms with Crippen LogP contribution >= 0.6 is 0 Å². The summed E-state index contributed by atoms with van der Waals surface area (Å²) in [6.07, 6.45) is 3.20. The van der Waals surface area contributed by atoms with Gasteiger partial charge >= 0.3 is 0 Å². The van der Waals surface area contributed by atoms with Crippen LogP contribution in [-0.4, -0.2) is 25.2 Å². The van der Waals surface area contributed by atoms with Crippen LogP contribution in [0.25, 0.3) is 0 Å². The summed E-state index contributed by atoms with van der Waals surface area (Å²) in [4.78, 5) is 12.9. The van der Waals surface area contributed by atoms with E-state index in [1.165, 1.54) is 22.3 Å². The van der Waals surface area contributed by atoms with Crippen LogP contribution in [0, 0.1) is 19.8 Å². The van der Waals surface area contributed by atoms with Gasteiger partial charge in [0, 0.05) is 18.6 Å². The van der Waals surface area contributed by atoms with Crippen molar-refractivity contribution in [2.45, 2.75) is 44.6 Å². The van der Waals surface area contributed by atoms with E-state index in [2.05, 4.69) is 67.7 Å². The smallest absolute Gasteiger partial charge is 0.224 e. The molecule has 0 radical (unpaired) electrons. The number of amides is 1. The second kappa shape index (κ2) is 6.88. The highest BCUT2D eigenvalue weighted by molar-refractivity contribution is 5.86. The first kappa shape index (κ1) is 17.3. The molecule has 1 aliphatic carbocycles. The van der Waals surface area contributed by atoms with Gasteiger partial charge in [0.25, 0.3) is 0 Å². The van der Waals surface area contributed by atoms with Gasteiger partial charge in [-0.3, -0.25) is 4.79 Å². The van der Waals surface area contributed by atoms with Crippen molar-refractivity contribution in [2.75, 3.05) is 13.2 Å². The van der Waals surface area contributed by atoms with Crippen LogP contribution in [0.1, 0.15) is 41.5 Å². The van der Waals surface area contributed by atoms with E-state index in [0.29, 0.717) is 6.54 Å². The Morgan fingerprint density at radius 3 is 2.31 bits per heavy atom. The molecule has 2 aliphatic rings. The topological polar surface area (TPSA) is 38.3 Å². The van der Waals surface area contributed by atoms with Crippen molar-refractivity contribution >= 4 is 5.91 Å². The summed E-state index contributed by atoms with van der Waals surface area (Å²) < 4.78 is 5.64. The fourth-order valence-electron chi connectivity index (χ4n) is 4.37. The lowest BCUT2D eigenvalue weighted by Gasteiger charge is -2.20. The lowest BCUT2D eigenvalue weighted by molar-refractivity contribution is -0.123. The summed E-state index contributed by atoms with van der Waals surface area (Å²) in [5.74, 6) is 0.149. The summed E-state index contributed by atoms with van der Waals surface area (Å²) >= 11 is 0. The zero-order chi connectivity index (χ0) is 18.1. The van der Waals surface area contributed by atoms with Crippen LogP contribution in [-0.2, 0) is 14.9 Å². The molecule has 3 heteroatoms. The Morgan fingerprint density at radius 2 is 1.77 bits per heavy atom. The number of nitrogens with one attached hydrogen (secondary N) is 1. The minimum Gasteiger partial charge on any atom is -0.376 e. The number of ether oxygens (including phenoxy) is 1. The van der Waals surface area contributed by atoms with Crippen LogP contribution in [0.15, 0.2) is 48.5 Å². The van der Waals surface area contributed by atoms with Gasteiger partial charge in [-0.25, -0.2) is 0 Å². The van der Waals surface area contributed by atoms with Crippen LogP contribution in [0.3, 0.4) is 0 Å². The van der Waals surface area contributed by atoms with Crippen molar-refractivity contribution < 1.29 is 9.53 Å². The number of hydrogen-bond donors (Lipinski definition) is 1. The van der Waals surface area contributed by atoms with Gasteiger partial charge in [-0.15, -0.1) is 0 Å². The van der Waals surface area contributed by atoms with Crippen LogP contribution in [0.4, 0.5) is 0 Å². The average Bonchev–Trinajstić information content (AvgIpc) is 3.19. The Morgan fingerprint density at radius 1 is 1.12 bits per heavy atom. The third-order valence-electron chi connectivity index (χ3n) is 5.87. The van der Waals surface area contributed by atoms with E-state index in [4.69, 9.17) is 4.74 Å². The lowest BCUT2D eigenvalue weighted by Crippen LogP contribution is -2.34. The molecular formula is C23H27NO2. The number of carbonyl (C=O) groups is 1. The number of benzene rings is 2. The molecule has 1 N–H and O–H groups in total. The number of rotatable bonds is 5. The highest BCUT2D eigenvalue weighted by atomic mass is 16.5. The average molecular weight is 349 g/mol. The Labute approximate surface area is 155 Å². The molecule has 26 heavy (non-hydrogen) atoms. The third kappa shape index (κ3) is 3.16. The van der Waals surface area contributed by atoms with Crippen molar-refractivity contribution in [3.63, 3.8) is 0 Å². The van der Waals surface area contributed by atoms with E-state index in [-0.39, 0.29) is 23.3 Å². The molecular weight excluding hydrogens is 322 g/mol. The van der Waals surface area contributed by atoms with Gasteiger partial charge in [0.05, 0.1) is 12.0 Å². The van der Waals surface area contributed by atoms with E-state index in [0.717, 1.165) is 25.9 Å². The Kier molecular flexibility index (Phi) is 4.58. The van der Waals surface area contributed by atoms with E-state index < -0.39 is 0 Å². The molecule has 0 unspecified atom stereocenters. The van der Waals surface area contributed by atoms with Gasteiger partial charge in [0.1, 0.15) is 0 Å². The Hall–Kier alpha value is -2.13. The first-order valence-electron chi connectivity index (χ1n) is 9.63. The summed E-state index contributed by atoms with van der Waals surface area (Å²) in [6, 6.07) is 17.2. The van der Waals surface area contributed by atoms with E-state index in [1.54, 1.807) is 0 Å². The summed E-state index contributed by atoms with van der Waals surface area (Å²) in [5.41, 5.74) is 4.78. The van der Waals surface area contributed by atoms with Gasteiger partial charge in [-0.1, -0.05) is 59.7 Å². The molecule has 4 rings (SSSR count). The van der Waals surface area contributed by atoms with Crippen molar-refractivity contribution in [3.05, 3.63) is 70.8 Å². The Bertz CT molecular complexity index is 762. The first-order valence-corrected chi connectivity index (χ1v) is 9.63. The number of carbonyl (C=O) groups excluding carboxylic acids is 1. The molecule has 136 valence electrons. The van der Waals surface area contributed by atoms with Gasteiger partial charge < -0.3 is 10.1 Å². The second-order valence-electron chi connectivity index (χ2n) is 7.85. The molecule has 1 amide bonds. The maximum atomic E-state index is 12.9. The van der Waals surface area contributed by atoms with E-state index in [1.807, 2.05) is 0 Å². The molecule has 2 aromatic rings. The molecule has 1 saturated carbocycles. The monoisotopic (exact) mass is 349 g/mol. The molecule has 2 fully saturated rings. The molecule has 1 saturated heterocycles. The van der Waals surface area contributed by atoms with Crippen molar-refractivity contribution in [1.29, 1.82) is 0 Å². The zero-order valence-electron chi connectivity index (χ0n) is 15.6. The lowest BCUT2D eigenvalue weighted by atomic mass is 9.84. The van der Waals surface area contributed by atoms with Gasteiger partial charge in [-0.05, 0) is 44.2 Å². The summed E-state index contributed by atoms with van der Waals surface area (Å²) in [5, 5.41) is 3.15. The van der Waals surface area contributed by atoms with Gasteiger partial charge in [-0.2, -0.15) is 0 Å².